The summed E-state index contributed by atoms with van der Waals surface area (Å²) in [4.78, 5) is 2.80. The molecular formula is C11H9ClFNO. The van der Waals surface area contributed by atoms with Crippen LogP contribution in [-0.2, 0) is 0 Å². The van der Waals surface area contributed by atoms with Crippen LogP contribution < -0.4 is 0 Å². The molecule has 0 radical (unpaired) electrons. The minimum Gasteiger partial charge on any atom is -0.383 e. The molecule has 4 heteroatoms. The molecule has 1 aromatic heterocycles. The Labute approximate surface area is 91.3 Å². The fourth-order valence-electron chi connectivity index (χ4n) is 1.42. The van der Waals surface area contributed by atoms with Gasteiger partial charge < -0.3 is 10.1 Å². The van der Waals surface area contributed by atoms with Crippen LogP contribution in [0.2, 0.25) is 5.02 Å². The minimum atomic E-state index is -0.991. The molecule has 1 aromatic carbocycles. The zero-order chi connectivity index (χ0) is 10.8. The first-order valence-electron chi connectivity index (χ1n) is 4.45. The second-order valence-corrected chi connectivity index (χ2v) is 3.60. The summed E-state index contributed by atoms with van der Waals surface area (Å²) in [6, 6.07) is 6.25. The van der Waals surface area contributed by atoms with Gasteiger partial charge in [-0.25, -0.2) is 4.39 Å². The molecule has 0 fully saturated rings. The molecule has 0 saturated carbocycles. The van der Waals surface area contributed by atoms with Gasteiger partial charge in [0.2, 0.25) is 0 Å². The maximum Gasteiger partial charge on any atom is 0.147 e. The summed E-state index contributed by atoms with van der Waals surface area (Å²) in [5.74, 6) is -0.576. The zero-order valence-electron chi connectivity index (χ0n) is 7.74. The minimum absolute atomic E-state index is 0.0158. The highest BCUT2D eigenvalue weighted by Gasteiger charge is 2.16. The van der Waals surface area contributed by atoms with E-state index in [2.05, 4.69) is 4.98 Å². The summed E-state index contributed by atoms with van der Waals surface area (Å²) >= 11 is 5.63. The molecular weight excluding hydrogens is 217 g/mol. The third-order valence-corrected chi connectivity index (χ3v) is 2.51. The number of aromatic amines is 1. The third-order valence-electron chi connectivity index (χ3n) is 2.21. The largest absolute Gasteiger partial charge is 0.383 e. The Bertz CT molecular complexity index is 456. The summed E-state index contributed by atoms with van der Waals surface area (Å²) in [5, 5.41) is 9.88. The van der Waals surface area contributed by atoms with Gasteiger partial charge >= 0.3 is 0 Å². The molecule has 2 rings (SSSR count). The normalized spacial score (nSPS) is 12.7. The van der Waals surface area contributed by atoms with Crippen LogP contribution in [0.5, 0.6) is 0 Å². The summed E-state index contributed by atoms with van der Waals surface area (Å²) in [6.07, 6.45) is 2.29. The first kappa shape index (κ1) is 10.2. The Morgan fingerprint density at radius 2 is 2.13 bits per heavy atom. The zero-order valence-corrected chi connectivity index (χ0v) is 8.50. The van der Waals surface area contributed by atoms with Crippen molar-refractivity contribution in [2.75, 3.05) is 0 Å². The Hall–Kier alpha value is -1.32. The van der Waals surface area contributed by atoms with Gasteiger partial charge in [-0.3, -0.25) is 0 Å². The van der Waals surface area contributed by atoms with Crippen LogP contribution in [0.15, 0.2) is 36.7 Å². The Balaban J connectivity index is 2.42. The lowest BCUT2D eigenvalue weighted by atomic mass is 10.0. The molecule has 0 spiro atoms. The highest BCUT2D eigenvalue weighted by molar-refractivity contribution is 6.30. The number of nitrogens with one attached hydrogen (secondary N) is 1. The van der Waals surface area contributed by atoms with Crippen molar-refractivity contribution >= 4 is 11.6 Å². The van der Waals surface area contributed by atoms with Crippen LogP contribution in [0.3, 0.4) is 0 Å². The molecule has 2 aromatic rings. The van der Waals surface area contributed by atoms with Gasteiger partial charge in [0, 0.05) is 23.5 Å². The van der Waals surface area contributed by atoms with Gasteiger partial charge in [-0.2, -0.15) is 0 Å². The van der Waals surface area contributed by atoms with Gasteiger partial charge in [0.05, 0.1) is 5.02 Å². The van der Waals surface area contributed by atoms with E-state index in [0.717, 1.165) is 0 Å². The first-order chi connectivity index (χ1) is 7.20. The fraction of sp³-hybridized carbons (Fsp3) is 0.0909. The molecule has 1 heterocycles. The standard InChI is InChI=1S/C11H9ClFNO/c12-9-3-1-2-8(10(9)13)11(15)7-4-5-14-6-7/h1-6,11,14-15H. The van der Waals surface area contributed by atoms with E-state index in [4.69, 9.17) is 11.6 Å². The van der Waals surface area contributed by atoms with Gasteiger partial charge in [0.25, 0.3) is 0 Å². The number of halogens is 2. The Kier molecular flexibility index (Phi) is 2.75. The predicted molar refractivity (Wildman–Crippen MR) is 56.3 cm³/mol. The van der Waals surface area contributed by atoms with Crippen LogP contribution in [-0.4, -0.2) is 10.1 Å². The number of hydrogen-bond acceptors (Lipinski definition) is 1. The maximum absolute atomic E-state index is 13.5. The summed E-state index contributed by atoms with van der Waals surface area (Å²) in [7, 11) is 0. The maximum atomic E-state index is 13.5. The monoisotopic (exact) mass is 225 g/mol. The van der Waals surface area contributed by atoms with E-state index in [0.29, 0.717) is 5.56 Å². The number of aromatic nitrogens is 1. The van der Waals surface area contributed by atoms with E-state index >= 15 is 0 Å². The molecule has 2 N–H and O–H groups in total. The van der Waals surface area contributed by atoms with E-state index in [1.165, 1.54) is 12.1 Å². The smallest absolute Gasteiger partial charge is 0.147 e. The first-order valence-corrected chi connectivity index (χ1v) is 4.82. The van der Waals surface area contributed by atoms with Crippen LogP contribution in [0.25, 0.3) is 0 Å². The number of hydrogen-bond donors (Lipinski definition) is 2. The van der Waals surface area contributed by atoms with Crippen molar-refractivity contribution in [3.63, 3.8) is 0 Å². The number of aliphatic hydroxyl groups is 1. The van der Waals surface area contributed by atoms with Crippen molar-refractivity contribution in [1.29, 1.82) is 0 Å². The van der Waals surface area contributed by atoms with Crippen molar-refractivity contribution < 1.29 is 9.50 Å². The highest BCUT2D eigenvalue weighted by Crippen LogP contribution is 2.27. The van der Waals surface area contributed by atoms with E-state index in [-0.39, 0.29) is 10.6 Å². The van der Waals surface area contributed by atoms with Crippen molar-refractivity contribution in [2.24, 2.45) is 0 Å². The van der Waals surface area contributed by atoms with Crippen molar-refractivity contribution in [2.45, 2.75) is 6.10 Å². The molecule has 0 aliphatic rings. The second kappa shape index (κ2) is 4.04. The molecule has 78 valence electrons. The fourth-order valence-corrected chi connectivity index (χ4v) is 1.60. The van der Waals surface area contributed by atoms with Gasteiger partial charge in [-0.15, -0.1) is 0 Å². The van der Waals surface area contributed by atoms with E-state index in [9.17, 15) is 9.50 Å². The van der Waals surface area contributed by atoms with Crippen LogP contribution in [0, 0.1) is 5.82 Å². The molecule has 0 amide bonds. The number of rotatable bonds is 2. The Morgan fingerprint density at radius 3 is 2.80 bits per heavy atom. The Morgan fingerprint density at radius 1 is 1.33 bits per heavy atom. The lowest BCUT2D eigenvalue weighted by Crippen LogP contribution is -2.01. The molecule has 0 saturated heterocycles. The van der Waals surface area contributed by atoms with E-state index in [1.54, 1.807) is 24.5 Å². The summed E-state index contributed by atoms with van der Waals surface area (Å²) in [5.41, 5.74) is 0.790. The molecule has 15 heavy (non-hydrogen) atoms. The lowest BCUT2D eigenvalue weighted by Gasteiger charge is -2.10. The molecule has 2 nitrogen and oxygen atoms in total. The molecule has 0 bridgehead atoms. The quantitative estimate of drug-likeness (QED) is 0.810. The van der Waals surface area contributed by atoms with Crippen LogP contribution >= 0.6 is 11.6 Å². The van der Waals surface area contributed by atoms with E-state index < -0.39 is 11.9 Å². The second-order valence-electron chi connectivity index (χ2n) is 3.19. The average Bonchev–Trinajstić information content (AvgIpc) is 2.74. The molecule has 0 aliphatic carbocycles. The van der Waals surface area contributed by atoms with Gasteiger partial charge in [0.1, 0.15) is 11.9 Å². The van der Waals surface area contributed by atoms with Crippen molar-refractivity contribution in [3.05, 3.63) is 58.6 Å². The van der Waals surface area contributed by atoms with Crippen LogP contribution in [0.4, 0.5) is 4.39 Å². The highest BCUT2D eigenvalue weighted by atomic mass is 35.5. The number of aliphatic hydroxyl groups excluding tert-OH is 1. The molecule has 1 atom stereocenters. The average molecular weight is 226 g/mol. The topological polar surface area (TPSA) is 36.0 Å². The predicted octanol–water partition coefficient (Wildman–Crippen LogP) is 2.89. The van der Waals surface area contributed by atoms with Gasteiger partial charge in [-0.05, 0) is 12.1 Å². The number of benzene rings is 1. The summed E-state index contributed by atoms with van der Waals surface area (Å²) in [6.45, 7) is 0. The number of H-pyrrole nitrogens is 1. The SMILES string of the molecule is OC(c1cc[nH]c1)c1cccc(Cl)c1F. The van der Waals surface area contributed by atoms with Crippen molar-refractivity contribution in [3.8, 4) is 0 Å². The lowest BCUT2D eigenvalue weighted by molar-refractivity contribution is 0.215. The molecule has 1 unspecified atom stereocenters. The van der Waals surface area contributed by atoms with E-state index in [1.807, 2.05) is 0 Å². The molecule has 0 aliphatic heterocycles. The van der Waals surface area contributed by atoms with Gasteiger partial charge in [0.15, 0.2) is 0 Å². The van der Waals surface area contributed by atoms with Crippen molar-refractivity contribution in [1.82, 2.24) is 4.98 Å². The third kappa shape index (κ3) is 1.89. The van der Waals surface area contributed by atoms with Crippen LogP contribution in [0.1, 0.15) is 17.2 Å². The summed E-state index contributed by atoms with van der Waals surface area (Å²) < 4.78 is 13.5. The van der Waals surface area contributed by atoms with Gasteiger partial charge in [-0.1, -0.05) is 23.7 Å².